The highest BCUT2D eigenvalue weighted by molar-refractivity contribution is 5.97. The molecule has 1 fully saturated rings. The molecule has 0 bridgehead atoms. The predicted molar refractivity (Wildman–Crippen MR) is 67.4 cm³/mol. The van der Waals surface area contributed by atoms with Crippen LogP contribution in [0.25, 0.3) is 0 Å². The first kappa shape index (κ1) is 13.5. The van der Waals surface area contributed by atoms with Crippen LogP contribution in [0.5, 0.6) is 0 Å². The predicted octanol–water partition coefficient (Wildman–Crippen LogP) is 0.316. The maximum atomic E-state index is 11.7. The zero-order chi connectivity index (χ0) is 14.0. The summed E-state index contributed by atoms with van der Waals surface area (Å²) in [7, 11) is 3.29. The minimum atomic E-state index is -0.711. The van der Waals surface area contributed by atoms with Gasteiger partial charge in [-0.25, -0.2) is 4.79 Å². The molecule has 104 valence electrons. The molecule has 1 aromatic rings. The van der Waals surface area contributed by atoms with E-state index in [9.17, 15) is 9.59 Å². The highest BCUT2D eigenvalue weighted by Gasteiger charge is 2.43. The number of amides is 3. The molecule has 1 saturated heterocycles. The number of nitrogens with one attached hydrogen (secondary N) is 1. The molecule has 19 heavy (non-hydrogen) atoms. The summed E-state index contributed by atoms with van der Waals surface area (Å²) >= 11 is 0. The minimum Gasteiger partial charge on any atom is -0.383 e. The minimum absolute atomic E-state index is 0.205. The summed E-state index contributed by atoms with van der Waals surface area (Å²) in [5.74, 6) is -0.281. The van der Waals surface area contributed by atoms with Gasteiger partial charge in [-0.1, -0.05) is 0 Å². The van der Waals surface area contributed by atoms with Gasteiger partial charge >= 0.3 is 6.03 Å². The zero-order valence-corrected chi connectivity index (χ0v) is 11.3. The summed E-state index contributed by atoms with van der Waals surface area (Å²) in [5.41, 5.74) is -0.00752. The molecule has 2 rings (SSSR count). The van der Waals surface area contributed by atoms with E-state index in [2.05, 4.69) is 10.4 Å². The first-order valence-electron chi connectivity index (χ1n) is 6.08. The Morgan fingerprint density at radius 2 is 2.26 bits per heavy atom. The van der Waals surface area contributed by atoms with Crippen molar-refractivity contribution in [3.05, 3.63) is 18.0 Å². The second kappa shape index (κ2) is 5.00. The third-order valence-corrected chi connectivity index (χ3v) is 3.51. The van der Waals surface area contributed by atoms with Gasteiger partial charge in [0, 0.05) is 20.4 Å². The molecule has 7 nitrogen and oxygen atoms in total. The number of ether oxygens (including phenoxy) is 1. The third kappa shape index (κ3) is 2.46. The van der Waals surface area contributed by atoms with Crippen LogP contribution < -0.4 is 5.32 Å². The SMILES string of the molecule is COCCn1ccc(C2(C)CC(=O)NC(=O)N2C)n1. The summed E-state index contributed by atoms with van der Waals surface area (Å²) in [6.45, 7) is 3.04. The third-order valence-electron chi connectivity index (χ3n) is 3.51. The van der Waals surface area contributed by atoms with Crippen LogP contribution in [-0.2, 0) is 21.6 Å². The van der Waals surface area contributed by atoms with E-state index in [1.807, 2.05) is 19.2 Å². The first-order chi connectivity index (χ1) is 8.97. The molecule has 2 heterocycles. The average molecular weight is 266 g/mol. The van der Waals surface area contributed by atoms with Crippen LogP contribution in [0.4, 0.5) is 4.79 Å². The monoisotopic (exact) mass is 266 g/mol. The zero-order valence-electron chi connectivity index (χ0n) is 11.3. The van der Waals surface area contributed by atoms with E-state index in [-0.39, 0.29) is 12.3 Å². The Morgan fingerprint density at radius 3 is 2.95 bits per heavy atom. The van der Waals surface area contributed by atoms with Crippen molar-refractivity contribution in [2.75, 3.05) is 20.8 Å². The van der Waals surface area contributed by atoms with Gasteiger partial charge in [-0.05, 0) is 13.0 Å². The van der Waals surface area contributed by atoms with Gasteiger partial charge in [-0.3, -0.25) is 14.8 Å². The van der Waals surface area contributed by atoms with Gasteiger partial charge in [0.15, 0.2) is 0 Å². The van der Waals surface area contributed by atoms with Crippen molar-refractivity contribution in [1.29, 1.82) is 0 Å². The Balaban J connectivity index is 2.25. The Hall–Kier alpha value is -1.89. The fraction of sp³-hybridized carbons (Fsp3) is 0.583. The van der Waals surface area contributed by atoms with E-state index >= 15 is 0 Å². The molecule has 1 aromatic heterocycles. The summed E-state index contributed by atoms with van der Waals surface area (Å²) in [4.78, 5) is 24.8. The topological polar surface area (TPSA) is 76.5 Å². The van der Waals surface area contributed by atoms with Crippen molar-refractivity contribution in [1.82, 2.24) is 20.0 Å². The van der Waals surface area contributed by atoms with E-state index in [0.717, 1.165) is 0 Å². The lowest BCUT2D eigenvalue weighted by atomic mass is 9.90. The van der Waals surface area contributed by atoms with Crippen molar-refractivity contribution in [2.45, 2.75) is 25.4 Å². The Morgan fingerprint density at radius 1 is 1.53 bits per heavy atom. The smallest absolute Gasteiger partial charge is 0.324 e. The van der Waals surface area contributed by atoms with Crippen molar-refractivity contribution >= 4 is 11.9 Å². The number of carbonyl (C=O) groups is 2. The van der Waals surface area contributed by atoms with Gasteiger partial charge in [-0.15, -0.1) is 0 Å². The van der Waals surface area contributed by atoms with Gasteiger partial charge in [0.1, 0.15) is 0 Å². The maximum Gasteiger partial charge on any atom is 0.324 e. The molecule has 0 saturated carbocycles. The van der Waals surface area contributed by atoms with E-state index in [1.165, 1.54) is 4.90 Å². The number of aromatic nitrogens is 2. The number of rotatable bonds is 4. The Labute approximate surface area is 111 Å². The second-order valence-corrected chi connectivity index (χ2v) is 4.82. The van der Waals surface area contributed by atoms with Crippen LogP contribution in [0.2, 0.25) is 0 Å². The Kier molecular flexibility index (Phi) is 3.57. The first-order valence-corrected chi connectivity index (χ1v) is 6.08. The van der Waals surface area contributed by atoms with Gasteiger partial charge in [0.05, 0.1) is 30.8 Å². The van der Waals surface area contributed by atoms with Gasteiger partial charge in [0.2, 0.25) is 5.91 Å². The number of hydrogen-bond acceptors (Lipinski definition) is 4. The molecule has 0 aliphatic carbocycles. The molecular weight excluding hydrogens is 248 g/mol. The fourth-order valence-corrected chi connectivity index (χ4v) is 2.12. The highest BCUT2D eigenvalue weighted by Crippen LogP contribution is 2.31. The average Bonchev–Trinajstić information content (AvgIpc) is 2.82. The van der Waals surface area contributed by atoms with Crippen molar-refractivity contribution in [2.24, 2.45) is 0 Å². The molecular formula is C12H18N4O3. The largest absolute Gasteiger partial charge is 0.383 e. The van der Waals surface area contributed by atoms with E-state index in [1.54, 1.807) is 18.8 Å². The quantitative estimate of drug-likeness (QED) is 0.851. The molecule has 0 aromatic carbocycles. The van der Waals surface area contributed by atoms with Crippen molar-refractivity contribution in [3.8, 4) is 0 Å². The van der Waals surface area contributed by atoms with Crippen LogP contribution >= 0.6 is 0 Å². The molecule has 1 N–H and O–H groups in total. The van der Waals surface area contributed by atoms with E-state index < -0.39 is 11.6 Å². The van der Waals surface area contributed by atoms with Gasteiger partial charge in [-0.2, -0.15) is 5.10 Å². The summed E-state index contributed by atoms with van der Waals surface area (Å²) in [5, 5.41) is 6.71. The standard InChI is InChI=1S/C12H18N4O3/c1-12(8-10(17)13-11(18)15(12)2)9-4-5-16(14-9)6-7-19-3/h4-5H,6-8H2,1-3H3,(H,13,17,18). The van der Waals surface area contributed by atoms with E-state index in [4.69, 9.17) is 4.74 Å². The number of nitrogens with zero attached hydrogens (tertiary/aromatic N) is 3. The van der Waals surface area contributed by atoms with E-state index in [0.29, 0.717) is 18.8 Å². The fourth-order valence-electron chi connectivity index (χ4n) is 2.12. The molecule has 1 aliphatic rings. The lowest BCUT2D eigenvalue weighted by molar-refractivity contribution is -0.124. The molecule has 1 atom stereocenters. The number of methoxy groups -OCH3 is 1. The molecule has 3 amide bonds. The summed E-state index contributed by atoms with van der Waals surface area (Å²) < 4.78 is 6.74. The molecule has 1 aliphatic heterocycles. The van der Waals surface area contributed by atoms with Crippen molar-refractivity contribution in [3.63, 3.8) is 0 Å². The molecule has 7 heteroatoms. The summed E-state index contributed by atoms with van der Waals surface area (Å²) in [6, 6.07) is 1.43. The van der Waals surface area contributed by atoms with Crippen LogP contribution in [0.1, 0.15) is 19.0 Å². The Bertz CT molecular complexity index is 499. The summed E-state index contributed by atoms with van der Waals surface area (Å²) in [6.07, 6.45) is 2.03. The van der Waals surface area contributed by atoms with Crippen LogP contribution in [0.15, 0.2) is 12.3 Å². The van der Waals surface area contributed by atoms with Crippen molar-refractivity contribution < 1.29 is 14.3 Å². The lowest BCUT2D eigenvalue weighted by Gasteiger charge is -2.40. The van der Waals surface area contributed by atoms with Crippen LogP contribution in [0.3, 0.4) is 0 Å². The molecule has 0 spiro atoms. The van der Waals surface area contributed by atoms with Gasteiger partial charge in [0.25, 0.3) is 0 Å². The molecule has 0 radical (unpaired) electrons. The number of carbonyl (C=O) groups excluding carboxylic acids is 2. The lowest BCUT2D eigenvalue weighted by Crippen LogP contribution is -2.58. The normalized spacial score (nSPS) is 23.6. The number of imide groups is 1. The van der Waals surface area contributed by atoms with Crippen LogP contribution in [0, 0.1) is 0 Å². The number of urea groups is 1. The number of hydrogen-bond donors (Lipinski definition) is 1. The van der Waals surface area contributed by atoms with Crippen LogP contribution in [-0.4, -0.2) is 47.4 Å². The highest BCUT2D eigenvalue weighted by atomic mass is 16.5. The van der Waals surface area contributed by atoms with Gasteiger partial charge < -0.3 is 9.64 Å². The molecule has 1 unspecified atom stereocenters. The maximum absolute atomic E-state index is 11.7. The second-order valence-electron chi connectivity index (χ2n) is 4.82.